The lowest BCUT2D eigenvalue weighted by Crippen LogP contribution is -2.32. The first-order valence-electron chi connectivity index (χ1n) is 5.45. The monoisotopic (exact) mass is 237 g/mol. The lowest BCUT2D eigenvalue weighted by atomic mass is 10.1. The molecule has 5 nitrogen and oxygen atoms in total. The van der Waals surface area contributed by atoms with Crippen LogP contribution in [-0.2, 0) is 4.74 Å². The van der Waals surface area contributed by atoms with Crippen LogP contribution in [0.2, 0.25) is 0 Å². The number of aromatic nitrogens is 1. The predicted octanol–water partition coefficient (Wildman–Crippen LogP) is 1.28. The van der Waals surface area contributed by atoms with Gasteiger partial charge in [0.1, 0.15) is 5.69 Å². The van der Waals surface area contributed by atoms with Crippen LogP contribution in [0, 0.1) is 0 Å². The molecular weight excluding hydrogens is 218 g/mol. The number of methoxy groups -OCH3 is 1. The Balaban J connectivity index is 2.70. The summed E-state index contributed by atoms with van der Waals surface area (Å²) in [7, 11) is 3.25. The van der Waals surface area contributed by atoms with E-state index in [1.54, 1.807) is 26.4 Å². The van der Waals surface area contributed by atoms with E-state index in [0.29, 0.717) is 12.2 Å². The Morgan fingerprint density at radius 1 is 1.53 bits per heavy atom. The third-order valence-corrected chi connectivity index (χ3v) is 2.49. The third-order valence-electron chi connectivity index (χ3n) is 2.49. The summed E-state index contributed by atoms with van der Waals surface area (Å²) in [5.74, 6) is -0.195. The van der Waals surface area contributed by atoms with Crippen molar-refractivity contribution < 1.29 is 9.53 Å². The number of hydrogen-bond donors (Lipinski definition) is 2. The largest absolute Gasteiger partial charge is 0.382 e. The molecule has 1 aromatic rings. The van der Waals surface area contributed by atoms with Crippen LogP contribution in [0.15, 0.2) is 18.3 Å². The van der Waals surface area contributed by atoms with Crippen molar-refractivity contribution in [2.75, 3.05) is 26.0 Å². The third kappa shape index (κ3) is 4.03. The Bertz CT molecular complexity index is 391. The van der Waals surface area contributed by atoms with Gasteiger partial charge in [0, 0.05) is 32.6 Å². The first-order valence-corrected chi connectivity index (χ1v) is 5.45. The highest BCUT2D eigenvalue weighted by molar-refractivity contribution is 5.92. The molecule has 1 amide bonds. The average Bonchev–Trinajstić information content (AvgIpc) is 2.36. The summed E-state index contributed by atoms with van der Waals surface area (Å²) in [6.07, 6.45) is 1.60. The van der Waals surface area contributed by atoms with Gasteiger partial charge < -0.3 is 15.4 Å². The molecular formula is C12H19N3O2. The number of carbonyl (C=O) groups is 1. The number of amides is 1. The van der Waals surface area contributed by atoms with Crippen LogP contribution in [0.5, 0.6) is 0 Å². The summed E-state index contributed by atoms with van der Waals surface area (Å²) in [6, 6.07) is 3.53. The molecule has 1 heterocycles. The van der Waals surface area contributed by atoms with E-state index in [9.17, 15) is 4.79 Å². The van der Waals surface area contributed by atoms with Gasteiger partial charge in [0.25, 0.3) is 5.91 Å². The van der Waals surface area contributed by atoms with E-state index in [1.807, 2.05) is 19.9 Å². The van der Waals surface area contributed by atoms with E-state index in [-0.39, 0.29) is 11.5 Å². The lowest BCUT2D eigenvalue weighted by Gasteiger charge is -2.23. The minimum absolute atomic E-state index is 0.195. The van der Waals surface area contributed by atoms with Crippen molar-refractivity contribution in [1.29, 1.82) is 0 Å². The molecule has 0 bridgehead atoms. The molecule has 5 heteroatoms. The number of hydrogen-bond acceptors (Lipinski definition) is 4. The predicted molar refractivity (Wildman–Crippen MR) is 67.2 cm³/mol. The van der Waals surface area contributed by atoms with Crippen molar-refractivity contribution in [3.8, 4) is 0 Å². The second-order valence-electron chi connectivity index (χ2n) is 4.33. The second kappa shape index (κ2) is 5.63. The van der Waals surface area contributed by atoms with E-state index in [4.69, 9.17) is 4.74 Å². The normalized spacial score (nSPS) is 11.1. The zero-order valence-corrected chi connectivity index (χ0v) is 10.7. The number of pyridine rings is 1. The van der Waals surface area contributed by atoms with Crippen LogP contribution in [0.4, 0.5) is 5.69 Å². The van der Waals surface area contributed by atoms with E-state index < -0.39 is 0 Å². The van der Waals surface area contributed by atoms with Crippen LogP contribution >= 0.6 is 0 Å². The fourth-order valence-corrected chi connectivity index (χ4v) is 1.18. The summed E-state index contributed by atoms with van der Waals surface area (Å²) < 4.78 is 5.30. The van der Waals surface area contributed by atoms with Gasteiger partial charge >= 0.3 is 0 Å². The molecule has 0 radical (unpaired) electrons. The van der Waals surface area contributed by atoms with Crippen molar-refractivity contribution in [2.45, 2.75) is 19.4 Å². The summed E-state index contributed by atoms with van der Waals surface area (Å²) in [6.45, 7) is 4.63. The second-order valence-corrected chi connectivity index (χ2v) is 4.33. The SMILES string of the molecule is CNC(=O)c1cc(NCC(C)(C)OC)ccn1. The van der Waals surface area contributed by atoms with E-state index in [2.05, 4.69) is 15.6 Å². The number of ether oxygens (including phenoxy) is 1. The van der Waals surface area contributed by atoms with Crippen LogP contribution in [0.25, 0.3) is 0 Å². The average molecular weight is 237 g/mol. The molecule has 17 heavy (non-hydrogen) atoms. The van der Waals surface area contributed by atoms with E-state index >= 15 is 0 Å². The van der Waals surface area contributed by atoms with Crippen LogP contribution in [0.1, 0.15) is 24.3 Å². The van der Waals surface area contributed by atoms with Crippen molar-refractivity contribution in [1.82, 2.24) is 10.3 Å². The molecule has 1 rings (SSSR count). The van der Waals surface area contributed by atoms with Crippen LogP contribution in [-0.4, -0.2) is 37.2 Å². The molecule has 0 unspecified atom stereocenters. The van der Waals surface area contributed by atoms with E-state index in [1.165, 1.54) is 0 Å². The van der Waals surface area contributed by atoms with Gasteiger partial charge in [-0.2, -0.15) is 0 Å². The molecule has 0 atom stereocenters. The number of rotatable bonds is 5. The van der Waals surface area contributed by atoms with Gasteiger partial charge in [-0.05, 0) is 26.0 Å². The molecule has 0 spiro atoms. The van der Waals surface area contributed by atoms with Crippen LogP contribution < -0.4 is 10.6 Å². The maximum absolute atomic E-state index is 11.4. The topological polar surface area (TPSA) is 63.2 Å². The van der Waals surface area contributed by atoms with E-state index in [0.717, 1.165) is 5.69 Å². The lowest BCUT2D eigenvalue weighted by molar-refractivity contribution is 0.0344. The van der Waals surface area contributed by atoms with Crippen molar-refractivity contribution in [3.05, 3.63) is 24.0 Å². The molecule has 0 saturated carbocycles. The molecule has 2 N–H and O–H groups in total. The molecule has 94 valence electrons. The molecule has 1 aromatic heterocycles. The summed E-state index contributed by atoms with van der Waals surface area (Å²) in [4.78, 5) is 15.4. The fraction of sp³-hybridized carbons (Fsp3) is 0.500. The van der Waals surface area contributed by atoms with Crippen molar-refractivity contribution >= 4 is 11.6 Å². The maximum atomic E-state index is 11.4. The van der Waals surface area contributed by atoms with Crippen molar-refractivity contribution in [3.63, 3.8) is 0 Å². The van der Waals surface area contributed by atoms with Gasteiger partial charge in [-0.15, -0.1) is 0 Å². The highest BCUT2D eigenvalue weighted by atomic mass is 16.5. The first kappa shape index (κ1) is 13.4. The zero-order chi connectivity index (χ0) is 12.9. The number of nitrogens with zero attached hydrogens (tertiary/aromatic N) is 1. The minimum Gasteiger partial charge on any atom is -0.382 e. The maximum Gasteiger partial charge on any atom is 0.269 e. The van der Waals surface area contributed by atoms with Gasteiger partial charge in [0.2, 0.25) is 0 Å². The highest BCUT2D eigenvalue weighted by Crippen LogP contribution is 2.12. The minimum atomic E-state index is -0.254. The van der Waals surface area contributed by atoms with Gasteiger partial charge in [-0.25, -0.2) is 0 Å². The van der Waals surface area contributed by atoms with Gasteiger partial charge in [-0.3, -0.25) is 9.78 Å². The Hall–Kier alpha value is -1.62. The van der Waals surface area contributed by atoms with Gasteiger partial charge in [0.15, 0.2) is 0 Å². The Labute approximate surface area is 102 Å². The number of nitrogens with one attached hydrogen (secondary N) is 2. The zero-order valence-electron chi connectivity index (χ0n) is 10.7. The molecule has 0 aliphatic rings. The van der Waals surface area contributed by atoms with Crippen molar-refractivity contribution in [2.24, 2.45) is 0 Å². The quantitative estimate of drug-likeness (QED) is 0.809. The summed E-state index contributed by atoms with van der Waals surface area (Å²) in [5.41, 5.74) is 0.993. The number of carbonyl (C=O) groups excluding carboxylic acids is 1. The summed E-state index contributed by atoms with van der Waals surface area (Å²) >= 11 is 0. The Kier molecular flexibility index (Phi) is 4.45. The fourth-order valence-electron chi connectivity index (χ4n) is 1.18. The standard InChI is InChI=1S/C12H19N3O2/c1-12(2,17-4)8-15-9-5-6-14-10(7-9)11(16)13-3/h5-7H,8H2,1-4H3,(H,13,16)(H,14,15). The van der Waals surface area contributed by atoms with Gasteiger partial charge in [0.05, 0.1) is 5.60 Å². The van der Waals surface area contributed by atoms with Crippen LogP contribution in [0.3, 0.4) is 0 Å². The van der Waals surface area contributed by atoms with Gasteiger partial charge in [-0.1, -0.05) is 0 Å². The molecule has 0 aliphatic heterocycles. The molecule has 0 aliphatic carbocycles. The number of anilines is 1. The molecule has 0 aromatic carbocycles. The highest BCUT2D eigenvalue weighted by Gasteiger charge is 2.15. The first-order chi connectivity index (χ1) is 7.98. The smallest absolute Gasteiger partial charge is 0.269 e. The Morgan fingerprint density at radius 2 is 2.24 bits per heavy atom. The molecule has 0 saturated heterocycles. The Morgan fingerprint density at radius 3 is 2.82 bits per heavy atom. The summed E-state index contributed by atoms with van der Waals surface area (Å²) in [5, 5.41) is 5.75. The molecule has 0 fully saturated rings.